The van der Waals surface area contributed by atoms with E-state index in [1.54, 1.807) is 0 Å². The summed E-state index contributed by atoms with van der Waals surface area (Å²) < 4.78 is 38.6. The lowest BCUT2D eigenvalue weighted by Gasteiger charge is -2.24. The molecule has 0 aromatic carbocycles. The molecule has 9 nitrogen and oxygen atoms in total. The molecule has 1 aromatic rings. The quantitative estimate of drug-likeness (QED) is 0.195. The number of rotatable bonds is 15. The summed E-state index contributed by atoms with van der Waals surface area (Å²) in [6.45, 7) is 9.34. The fourth-order valence-corrected chi connectivity index (χ4v) is 5.60. The second-order valence-corrected chi connectivity index (χ2v) is 12.0. The highest BCUT2D eigenvalue weighted by Crippen LogP contribution is 2.24. The summed E-state index contributed by atoms with van der Waals surface area (Å²) in [5, 5.41) is 4.87. The van der Waals surface area contributed by atoms with E-state index in [1.165, 1.54) is 64.2 Å². The van der Waals surface area contributed by atoms with Crippen molar-refractivity contribution in [3.05, 3.63) is 11.6 Å². The van der Waals surface area contributed by atoms with Crippen molar-refractivity contribution in [1.82, 2.24) is 14.8 Å². The van der Waals surface area contributed by atoms with Crippen molar-refractivity contribution >= 4 is 0 Å². The minimum absolute atomic E-state index is 0.0113. The van der Waals surface area contributed by atoms with Crippen LogP contribution < -0.4 is 0 Å². The average Bonchev–Trinajstić information content (AvgIpc) is 3.43. The largest absolute Gasteiger partial charge is 0.377 e. The first-order valence-electron chi connectivity index (χ1n) is 17.3. The van der Waals surface area contributed by atoms with Gasteiger partial charge in [0.1, 0.15) is 13.2 Å². The van der Waals surface area contributed by atoms with E-state index in [1.807, 2.05) is 4.68 Å². The Labute approximate surface area is 255 Å². The third-order valence-corrected chi connectivity index (χ3v) is 8.18. The number of unbranched alkanes of at least 4 members (excludes halogenated alkanes) is 10. The second-order valence-electron chi connectivity index (χ2n) is 12.0. The minimum atomic E-state index is -0.0969. The Balaban J connectivity index is 1.63. The van der Waals surface area contributed by atoms with Gasteiger partial charge in [-0.15, -0.1) is 0 Å². The minimum Gasteiger partial charge on any atom is -0.377 e. The summed E-state index contributed by atoms with van der Waals surface area (Å²) >= 11 is 0. The monoisotopic (exact) mass is 595 g/mol. The van der Waals surface area contributed by atoms with Gasteiger partial charge in [-0.3, -0.25) is 0 Å². The first-order valence-corrected chi connectivity index (χ1v) is 17.3. The molecule has 0 N–H and O–H groups in total. The molecule has 3 atom stereocenters. The molecule has 0 amide bonds. The fraction of sp³-hybridized carbons (Fsp3) is 0.939. The standard InChI is InChI=1S/C33H61N3O6/c1-3-5-7-9-11-13-17-29-25-38-23-21-37-22-24-39-26-30(18-14-12-10-8-6-4-2)42-28-32-34-31(27-41-29)35-36(32)33-19-15-16-20-40-33/h29-30,33H,3-28H2,1-2H3. The van der Waals surface area contributed by atoms with Crippen molar-refractivity contribution in [2.45, 2.75) is 155 Å². The highest BCUT2D eigenvalue weighted by atomic mass is 16.6. The zero-order chi connectivity index (χ0) is 29.5. The molecule has 1 saturated heterocycles. The lowest BCUT2D eigenvalue weighted by molar-refractivity contribution is -0.0623. The van der Waals surface area contributed by atoms with Crippen LogP contribution in [-0.4, -0.2) is 73.2 Å². The molecular formula is C33H61N3O6. The maximum absolute atomic E-state index is 6.45. The summed E-state index contributed by atoms with van der Waals surface area (Å²) in [6, 6.07) is 0. The summed E-state index contributed by atoms with van der Waals surface area (Å²) in [5.41, 5.74) is 0. The molecule has 0 saturated carbocycles. The van der Waals surface area contributed by atoms with E-state index in [2.05, 4.69) is 13.8 Å². The predicted octanol–water partition coefficient (Wildman–Crippen LogP) is 7.31. The van der Waals surface area contributed by atoms with Crippen molar-refractivity contribution in [3.63, 3.8) is 0 Å². The lowest BCUT2D eigenvalue weighted by Crippen LogP contribution is -2.25. The Morgan fingerprint density at radius 3 is 1.79 bits per heavy atom. The molecule has 3 unspecified atom stereocenters. The van der Waals surface area contributed by atoms with E-state index in [0.29, 0.717) is 58.7 Å². The lowest BCUT2D eigenvalue weighted by atomic mass is 10.1. The summed E-state index contributed by atoms with van der Waals surface area (Å²) in [5.74, 6) is 1.49. The molecule has 0 radical (unpaired) electrons. The molecule has 9 heteroatoms. The topological polar surface area (TPSA) is 86.1 Å². The Morgan fingerprint density at radius 1 is 0.619 bits per heavy atom. The van der Waals surface area contributed by atoms with Crippen LogP contribution >= 0.6 is 0 Å². The third kappa shape index (κ3) is 15.1. The van der Waals surface area contributed by atoms with E-state index in [-0.39, 0.29) is 18.4 Å². The van der Waals surface area contributed by atoms with E-state index in [0.717, 1.165) is 57.4 Å². The van der Waals surface area contributed by atoms with Crippen molar-refractivity contribution in [2.24, 2.45) is 0 Å². The van der Waals surface area contributed by atoms with Crippen LogP contribution in [0.3, 0.4) is 0 Å². The van der Waals surface area contributed by atoms with Crippen molar-refractivity contribution in [3.8, 4) is 0 Å². The molecule has 0 spiro atoms. The van der Waals surface area contributed by atoms with Gasteiger partial charge >= 0.3 is 0 Å². The van der Waals surface area contributed by atoms with Crippen molar-refractivity contribution < 1.29 is 28.4 Å². The van der Waals surface area contributed by atoms with Gasteiger partial charge in [-0.25, -0.2) is 9.67 Å². The number of hydrogen-bond donors (Lipinski definition) is 0. The van der Waals surface area contributed by atoms with Gasteiger partial charge in [0.05, 0.1) is 51.8 Å². The van der Waals surface area contributed by atoms with Gasteiger partial charge in [0.15, 0.2) is 17.9 Å². The van der Waals surface area contributed by atoms with Gasteiger partial charge in [-0.2, -0.15) is 5.10 Å². The van der Waals surface area contributed by atoms with Crippen LogP contribution in [0.5, 0.6) is 0 Å². The molecule has 1 fully saturated rings. The van der Waals surface area contributed by atoms with Crippen LogP contribution in [0.1, 0.15) is 141 Å². The number of aromatic nitrogens is 3. The van der Waals surface area contributed by atoms with Gasteiger partial charge in [0, 0.05) is 6.61 Å². The van der Waals surface area contributed by atoms with Crippen molar-refractivity contribution in [2.75, 3.05) is 46.2 Å². The summed E-state index contributed by atoms with van der Waals surface area (Å²) in [7, 11) is 0. The molecule has 2 aliphatic heterocycles. The van der Waals surface area contributed by atoms with E-state index < -0.39 is 0 Å². The van der Waals surface area contributed by atoms with Gasteiger partial charge in [-0.1, -0.05) is 90.9 Å². The fourth-order valence-electron chi connectivity index (χ4n) is 5.60. The first-order chi connectivity index (χ1) is 20.8. The second kappa shape index (κ2) is 23.3. The number of hydrogen-bond acceptors (Lipinski definition) is 8. The molecular weight excluding hydrogens is 534 g/mol. The van der Waals surface area contributed by atoms with E-state index >= 15 is 0 Å². The number of ether oxygens (including phenoxy) is 6. The maximum atomic E-state index is 6.45. The molecule has 3 rings (SSSR count). The Kier molecular flexibility index (Phi) is 19.6. The van der Waals surface area contributed by atoms with Gasteiger partial charge in [0.2, 0.25) is 0 Å². The molecule has 2 bridgehead atoms. The smallest absolute Gasteiger partial charge is 0.176 e. The molecule has 1 aromatic heterocycles. The van der Waals surface area contributed by atoms with Gasteiger partial charge in [-0.05, 0) is 32.1 Å². The van der Waals surface area contributed by atoms with Crippen LogP contribution in [0.25, 0.3) is 0 Å². The zero-order valence-electron chi connectivity index (χ0n) is 26.9. The number of fused-ring (bicyclic) bond motifs is 2. The maximum Gasteiger partial charge on any atom is 0.176 e. The molecule has 2 aliphatic rings. The van der Waals surface area contributed by atoms with Crippen LogP contribution in [0.4, 0.5) is 0 Å². The Hall–Kier alpha value is -1.10. The van der Waals surface area contributed by atoms with Gasteiger partial charge in [0.25, 0.3) is 0 Å². The molecule has 3 heterocycles. The van der Waals surface area contributed by atoms with Crippen molar-refractivity contribution in [1.29, 1.82) is 0 Å². The molecule has 0 aliphatic carbocycles. The van der Waals surface area contributed by atoms with Crippen LogP contribution in [0.2, 0.25) is 0 Å². The zero-order valence-corrected chi connectivity index (χ0v) is 26.9. The first kappa shape index (κ1) is 35.4. The van der Waals surface area contributed by atoms with Crippen LogP contribution in [-0.2, 0) is 41.6 Å². The summed E-state index contributed by atoms with van der Waals surface area (Å²) in [6.07, 6.45) is 20.2. The average molecular weight is 596 g/mol. The highest BCUT2D eigenvalue weighted by Gasteiger charge is 2.23. The Morgan fingerprint density at radius 2 is 1.19 bits per heavy atom. The van der Waals surface area contributed by atoms with Gasteiger partial charge < -0.3 is 28.4 Å². The third-order valence-electron chi connectivity index (χ3n) is 8.18. The number of nitrogens with zero attached hydrogens (tertiary/aromatic N) is 3. The van der Waals surface area contributed by atoms with Crippen LogP contribution in [0.15, 0.2) is 0 Å². The van der Waals surface area contributed by atoms with E-state index in [9.17, 15) is 0 Å². The summed E-state index contributed by atoms with van der Waals surface area (Å²) in [4.78, 5) is 4.90. The molecule has 244 valence electrons. The van der Waals surface area contributed by atoms with E-state index in [4.69, 9.17) is 38.5 Å². The SMILES string of the molecule is CCCCCCCCC1COCCOCCOCC(CCCCCCCC)OCc2nc(nn2C2CCCCO2)CO1. The predicted molar refractivity (Wildman–Crippen MR) is 164 cm³/mol. The Bertz CT molecular complexity index is 773. The molecule has 42 heavy (non-hydrogen) atoms. The highest BCUT2D eigenvalue weighted by molar-refractivity contribution is 4.93. The van der Waals surface area contributed by atoms with Crippen LogP contribution in [0, 0.1) is 0 Å². The normalized spacial score (nSPS) is 23.8.